The zero-order chi connectivity index (χ0) is 21.2. The highest BCUT2D eigenvalue weighted by Gasteiger charge is 2.18. The van der Waals surface area contributed by atoms with Crippen LogP contribution in [0.5, 0.6) is 5.75 Å². The minimum atomic E-state index is -0.0823. The lowest BCUT2D eigenvalue weighted by molar-refractivity contribution is -0.122. The van der Waals surface area contributed by atoms with Gasteiger partial charge < -0.3 is 4.74 Å². The molecule has 6 nitrogen and oxygen atoms in total. The molecule has 1 aliphatic rings. The SMILES string of the molecule is CCCOc1ccc(/C=N/NC(=O)CN2CCN(Cc3ccc(C)cc3)CC2)cc1. The van der Waals surface area contributed by atoms with Crippen molar-refractivity contribution in [3.63, 3.8) is 0 Å². The number of hydrogen-bond acceptors (Lipinski definition) is 5. The summed E-state index contributed by atoms with van der Waals surface area (Å²) in [7, 11) is 0. The van der Waals surface area contributed by atoms with Crippen molar-refractivity contribution in [3.05, 3.63) is 65.2 Å². The molecule has 0 atom stereocenters. The molecule has 1 N–H and O–H groups in total. The van der Waals surface area contributed by atoms with Gasteiger partial charge in [-0.05, 0) is 48.7 Å². The molecule has 160 valence electrons. The van der Waals surface area contributed by atoms with Crippen LogP contribution >= 0.6 is 0 Å². The number of benzene rings is 2. The zero-order valence-corrected chi connectivity index (χ0v) is 18.0. The second kappa shape index (κ2) is 11.5. The molecule has 0 saturated carbocycles. The second-order valence-electron chi connectivity index (χ2n) is 7.75. The highest BCUT2D eigenvalue weighted by Crippen LogP contribution is 2.11. The van der Waals surface area contributed by atoms with Crippen LogP contribution in [0.2, 0.25) is 0 Å². The Hall–Kier alpha value is -2.70. The average molecular weight is 409 g/mol. The Kier molecular flexibility index (Phi) is 8.41. The predicted molar refractivity (Wildman–Crippen MR) is 121 cm³/mol. The summed E-state index contributed by atoms with van der Waals surface area (Å²) in [5.74, 6) is 0.765. The molecule has 1 amide bonds. The normalized spacial score (nSPS) is 15.4. The Labute approximate surface area is 179 Å². The molecule has 30 heavy (non-hydrogen) atoms. The fourth-order valence-corrected chi connectivity index (χ4v) is 3.34. The van der Waals surface area contributed by atoms with E-state index < -0.39 is 0 Å². The molecule has 0 radical (unpaired) electrons. The molecule has 0 spiro atoms. The van der Waals surface area contributed by atoms with Crippen molar-refractivity contribution in [2.24, 2.45) is 5.10 Å². The van der Waals surface area contributed by atoms with Crippen LogP contribution in [0.4, 0.5) is 0 Å². The predicted octanol–water partition coefficient (Wildman–Crippen LogP) is 3.05. The van der Waals surface area contributed by atoms with Gasteiger partial charge in [0.1, 0.15) is 5.75 Å². The maximum Gasteiger partial charge on any atom is 0.254 e. The number of carbonyl (C=O) groups excluding carboxylic acids is 1. The van der Waals surface area contributed by atoms with Crippen molar-refractivity contribution >= 4 is 12.1 Å². The van der Waals surface area contributed by atoms with Gasteiger partial charge in [-0.15, -0.1) is 0 Å². The smallest absolute Gasteiger partial charge is 0.254 e. The maximum atomic E-state index is 12.2. The van der Waals surface area contributed by atoms with Crippen LogP contribution < -0.4 is 10.2 Å². The topological polar surface area (TPSA) is 57.2 Å². The van der Waals surface area contributed by atoms with E-state index in [4.69, 9.17) is 4.74 Å². The average Bonchev–Trinajstić information content (AvgIpc) is 2.76. The van der Waals surface area contributed by atoms with Crippen molar-refractivity contribution in [2.75, 3.05) is 39.3 Å². The van der Waals surface area contributed by atoms with Crippen molar-refractivity contribution in [3.8, 4) is 5.75 Å². The summed E-state index contributed by atoms with van der Waals surface area (Å²) < 4.78 is 5.56. The van der Waals surface area contributed by atoms with Gasteiger partial charge in [-0.25, -0.2) is 5.43 Å². The summed E-state index contributed by atoms with van der Waals surface area (Å²) >= 11 is 0. The molecule has 1 saturated heterocycles. The molecule has 2 aromatic rings. The third kappa shape index (κ3) is 7.28. The summed E-state index contributed by atoms with van der Waals surface area (Å²) in [5, 5.41) is 4.07. The monoisotopic (exact) mass is 408 g/mol. The number of piperazine rings is 1. The van der Waals surface area contributed by atoms with Gasteiger partial charge in [-0.1, -0.05) is 36.8 Å². The van der Waals surface area contributed by atoms with Crippen molar-refractivity contribution < 1.29 is 9.53 Å². The van der Waals surface area contributed by atoms with Gasteiger partial charge in [0.2, 0.25) is 0 Å². The van der Waals surface area contributed by atoms with Gasteiger partial charge in [0.05, 0.1) is 19.4 Å². The molecule has 3 rings (SSSR count). The summed E-state index contributed by atoms with van der Waals surface area (Å²) in [5.41, 5.74) is 6.17. The number of nitrogens with one attached hydrogen (secondary N) is 1. The number of rotatable bonds is 9. The fraction of sp³-hybridized carbons (Fsp3) is 0.417. The molecule has 1 aliphatic heterocycles. The van der Waals surface area contributed by atoms with E-state index in [0.717, 1.165) is 50.5 Å². The number of hydrazone groups is 1. The number of carbonyl (C=O) groups is 1. The number of amides is 1. The third-order valence-corrected chi connectivity index (χ3v) is 5.11. The van der Waals surface area contributed by atoms with E-state index in [0.29, 0.717) is 13.2 Å². The van der Waals surface area contributed by atoms with Gasteiger partial charge in [-0.2, -0.15) is 5.10 Å². The Morgan fingerprint density at radius 2 is 1.70 bits per heavy atom. The number of nitrogens with zero attached hydrogens (tertiary/aromatic N) is 3. The molecule has 0 bridgehead atoms. The standard InChI is InChI=1S/C24H32N4O2/c1-3-16-30-23-10-8-21(9-11-23)17-25-26-24(29)19-28-14-12-27(13-15-28)18-22-6-4-20(2)5-7-22/h4-11,17H,3,12-16,18-19H2,1-2H3,(H,26,29)/b25-17+. The van der Waals surface area contributed by atoms with Crippen molar-refractivity contribution in [1.82, 2.24) is 15.2 Å². The molecule has 2 aromatic carbocycles. The number of aryl methyl sites for hydroxylation is 1. The first-order chi connectivity index (χ1) is 14.6. The van der Waals surface area contributed by atoms with Crippen molar-refractivity contribution in [2.45, 2.75) is 26.8 Å². The summed E-state index contributed by atoms with van der Waals surface area (Å²) in [6.45, 7) is 9.96. The minimum absolute atomic E-state index is 0.0823. The summed E-state index contributed by atoms with van der Waals surface area (Å²) in [6.07, 6.45) is 2.64. The van der Waals surface area contributed by atoms with Crippen LogP contribution in [0.25, 0.3) is 0 Å². The molecule has 6 heteroatoms. The molecule has 1 fully saturated rings. The van der Waals surface area contributed by atoms with Crippen LogP contribution in [-0.4, -0.2) is 61.3 Å². The van der Waals surface area contributed by atoms with E-state index in [-0.39, 0.29) is 5.91 Å². The van der Waals surface area contributed by atoms with E-state index in [2.05, 4.69) is 58.4 Å². The quantitative estimate of drug-likeness (QED) is 0.512. The first-order valence-electron chi connectivity index (χ1n) is 10.7. The zero-order valence-electron chi connectivity index (χ0n) is 18.0. The molecule has 1 heterocycles. The summed E-state index contributed by atoms with van der Waals surface area (Å²) in [6, 6.07) is 16.4. The van der Waals surface area contributed by atoms with Crippen LogP contribution in [-0.2, 0) is 11.3 Å². The Morgan fingerprint density at radius 1 is 1.03 bits per heavy atom. The number of hydrogen-bond donors (Lipinski definition) is 1. The van der Waals surface area contributed by atoms with Crippen molar-refractivity contribution in [1.29, 1.82) is 0 Å². The van der Waals surface area contributed by atoms with E-state index in [1.165, 1.54) is 11.1 Å². The fourth-order valence-electron chi connectivity index (χ4n) is 3.34. The largest absolute Gasteiger partial charge is 0.494 e. The number of ether oxygens (including phenoxy) is 1. The lowest BCUT2D eigenvalue weighted by Gasteiger charge is -2.34. The van der Waals surface area contributed by atoms with Crippen LogP contribution in [0.1, 0.15) is 30.0 Å². The van der Waals surface area contributed by atoms with Gasteiger partial charge in [-0.3, -0.25) is 14.6 Å². The first-order valence-corrected chi connectivity index (χ1v) is 10.7. The Balaban J connectivity index is 1.35. The van der Waals surface area contributed by atoms with Gasteiger partial charge in [0.25, 0.3) is 5.91 Å². The molecule has 0 aliphatic carbocycles. The maximum absolute atomic E-state index is 12.2. The van der Waals surface area contributed by atoms with Gasteiger partial charge >= 0.3 is 0 Å². The summed E-state index contributed by atoms with van der Waals surface area (Å²) in [4.78, 5) is 16.8. The van der Waals surface area contributed by atoms with Gasteiger partial charge in [0.15, 0.2) is 0 Å². The highest BCUT2D eigenvalue weighted by molar-refractivity contribution is 5.83. The molecular formula is C24H32N4O2. The van der Waals surface area contributed by atoms with Gasteiger partial charge in [0, 0.05) is 32.7 Å². The first kappa shape index (κ1) is 22.0. The molecule has 0 aromatic heterocycles. The third-order valence-electron chi connectivity index (χ3n) is 5.11. The Morgan fingerprint density at radius 3 is 2.37 bits per heavy atom. The lowest BCUT2D eigenvalue weighted by Crippen LogP contribution is -2.48. The van der Waals surface area contributed by atoms with E-state index in [1.54, 1.807) is 6.21 Å². The van der Waals surface area contributed by atoms with Crippen LogP contribution in [0.3, 0.4) is 0 Å². The lowest BCUT2D eigenvalue weighted by atomic mass is 10.1. The second-order valence-corrected chi connectivity index (χ2v) is 7.75. The molecule has 0 unspecified atom stereocenters. The highest BCUT2D eigenvalue weighted by atomic mass is 16.5. The van der Waals surface area contributed by atoms with E-state index >= 15 is 0 Å². The van der Waals surface area contributed by atoms with E-state index in [1.807, 2.05) is 24.3 Å². The minimum Gasteiger partial charge on any atom is -0.494 e. The van der Waals surface area contributed by atoms with Crippen LogP contribution in [0, 0.1) is 6.92 Å². The van der Waals surface area contributed by atoms with E-state index in [9.17, 15) is 4.79 Å². The Bertz CT molecular complexity index is 810. The molecular weight excluding hydrogens is 376 g/mol. The van der Waals surface area contributed by atoms with Crippen LogP contribution in [0.15, 0.2) is 53.6 Å².